The summed E-state index contributed by atoms with van der Waals surface area (Å²) >= 11 is 0. The molecule has 1 radical (unpaired) electrons. The zero-order valence-corrected chi connectivity index (χ0v) is 5.66. The fourth-order valence-electron chi connectivity index (χ4n) is 0.578. The summed E-state index contributed by atoms with van der Waals surface area (Å²) in [7, 11) is 0. The Labute approximate surface area is 58.9 Å². The summed E-state index contributed by atoms with van der Waals surface area (Å²) in [5.41, 5.74) is 0. The maximum absolute atomic E-state index is 10.9. The van der Waals surface area contributed by atoms with E-state index in [-0.39, 0.29) is 6.03 Å². The van der Waals surface area contributed by atoms with Gasteiger partial charge in [0, 0.05) is 18.9 Å². The first-order valence-corrected chi connectivity index (χ1v) is 3.04. The first-order valence-electron chi connectivity index (χ1n) is 3.04. The van der Waals surface area contributed by atoms with E-state index in [0.29, 0.717) is 6.54 Å². The van der Waals surface area contributed by atoms with Gasteiger partial charge in [-0.1, -0.05) is 0 Å². The summed E-state index contributed by atoms with van der Waals surface area (Å²) in [6.45, 7) is 2.47. The molecule has 0 spiro atoms. The molecule has 0 unspecified atom stereocenters. The number of nitrogens with one attached hydrogen (secondary N) is 1. The highest BCUT2D eigenvalue weighted by Crippen LogP contribution is 1.81. The van der Waals surface area contributed by atoms with Gasteiger partial charge in [-0.15, -0.1) is 0 Å². The quantitative estimate of drug-likeness (QED) is 0.605. The van der Waals surface area contributed by atoms with Gasteiger partial charge in [0.1, 0.15) is 0 Å². The molecule has 1 N–H and O–H groups in total. The lowest BCUT2D eigenvalue weighted by atomic mass is 10.7. The highest BCUT2D eigenvalue weighted by Gasteiger charge is 1.98. The van der Waals surface area contributed by atoms with Crippen molar-refractivity contribution in [1.82, 2.24) is 14.9 Å². The number of carbonyl (C=O) groups is 1. The van der Waals surface area contributed by atoms with Crippen LogP contribution in [0.3, 0.4) is 0 Å². The van der Waals surface area contributed by atoms with E-state index in [0.717, 1.165) is 0 Å². The maximum atomic E-state index is 10.9. The second kappa shape index (κ2) is 3.00. The average Bonchev–Trinajstić information content (AvgIpc) is 2.38. The minimum absolute atomic E-state index is 0.194. The van der Waals surface area contributed by atoms with E-state index in [1.807, 2.05) is 6.92 Å². The summed E-state index contributed by atoms with van der Waals surface area (Å²) < 4.78 is 1.27. The van der Waals surface area contributed by atoms with Gasteiger partial charge in [0.25, 0.3) is 0 Å². The van der Waals surface area contributed by atoms with Crippen LogP contribution in [0.1, 0.15) is 6.92 Å². The second-order valence-corrected chi connectivity index (χ2v) is 1.73. The molecule has 1 rings (SSSR count). The van der Waals surface area contributed by atoms with Crippen molar-refractivity contribution in [3.8, 4) is 0 Å². The molecule has 53 valence electrons. The predicted octanol–water partition coefficient (Wildman–Crippen LogP) is 0.261. The van der Waals surface area contributed by atoms with Crippen molar-refractivity contribution in [3.63, 3.8) is 0 Å². The number of nitrogens with zero attached hydrogens (tertiary/aromatic N) is 2. The summed E-state index contributed by atoms with van der Waals surface area (Å²) in [4.78, 5) is 14.5. The van der Waals surface area contributed by atoms with Crippen molar-refractivity contribution in [2.75, 3.05) is 6.54 Å². The minimum atomic E-state index is -0.194. The van der Waals surface area contributed by atoms with Crippen molar-refractivity contribution < 1.29 is 4.79 Å². The van der Waals surface area contributed by atoms with Gasteiger partial charge in [0.05, 0.1) is 0 Å². The highest BCUT2D eigenvalue weighted by atomic mass is 16.2. The van der Waals surface area contributed by atoms with Crippen molar-refractivity contribution in [2.45, 2.75) is 6.92 Å². The number of aromatic nitrogens is 2. The van der Waals surface area contributed by atoms with Gasteiger partial charge in [-0.3, -0.25) is 0 Å². The number of rotatable bonds is 1. The lowest BCUT2D eigenvalue weighted by Gasteiger charge is -1.98. The summed E-state index contributed by atoms with van der Waals surface area (Å²) in [6, 6.07) is -0.194. The van der Waals surface area contributed by atoms with Crippen LogP contribution in [0.2, 0.25) is 0 Å². The van der Waals surface area contributed by atoms with E-state index in [1.165, 1.54) is 10.8 Å². The second-order valence-electron chi connectivity index (χ2n) is 1.73. The van der Waals surface area contributed by atoms with Crippen molar-refractivity contribution in [1.29, 1.82) is 0 Å². The molecule has 4 nitrogen and oxygen atoms in total. The molecule has 0 saturated heterocycles. The Morgan fingerprint density at radius 3 is 3.20 bits per heavy atom. The molecule has 1 amide bonds. The normalized spacial score (nSPS) is 9.30. The van der Waals surface area contributed by atoms with E-state index >= 15 is 0 Å². The Morgan fingerprint density at radius 2 is 2.70 bits per heavy atom. The van der Waals surface area contributed by atoms with E-state index in [4.69, 9.17) is 0 Å². The van der Waals surface area contributed by atoms with Crippen LogP contribution in [-0.4, -0.2) is 22.1 Å². The van der Waals surface area contributed by atoms with Crippen LogP contribution in [0, 0.1) is 6.33 Å². The first-order chi connectivity index (χ1) is 4.84. The SMILES string of the molecule is CCNC(=O)n1[c]ncc1. The zero-order valence-electron chi connectivity index (χ0n) is 5.66. The molecule has 0 fully saturated rings. The van der Waals surface area contributed by atoms with E-state index < -0.39 is 0 Å². The Morgan fingerprint density at radius 1 is 1.90 bits per heavy atom. The van der Waals surface area contributed by atoms with Crippen LogP contribution in [-0.2, 0) is 0 Å². The molecule has 0 saturated carbocycles. The van der Waals surface area contributed by atoms with Gasteiger partial charge in [-0.2, -0.15) is 0 Å². The van der Waals surface area contributed by atoms with Crippen molar-refractivity contribution in [2.24, 2.45) is 0 Å². The van der Waals surface area contributed by atoms with Crippen LogP contribution in [0.15, 0.2) is 12.4 Å². The van der Waals surface area contributed by atoms with Gasteiger partial charge in [-0.05, 0) is 6.92 Å². The molecule has 4 heteroatoms. The van der Waals surface area contributed by atoms with Gasteiger partial charge in [-0.25, -0.2) is 14.3 Å². The molecule has 0 atom stereocenters. The Hall–Kier alpha value is -1.32. The molecule has 1 aromatic heterocycles. The average molecular weight is 138 g/mol. The van der Waals surface area contributed by atoms with E-state index in [2.05, 4.69) is 16.6 Å². The molecule has 0 aromatic carbocycles. The van der Waals surface area contributed by atoms with Crippen LogP contribution in [0.25, 0.3) is 0 Å². The zero-order chi connectivity index (χ0) is 7.40. The molecule has 0 aliphatic rings. The van der Waals surface area contributed by atoms with Crippen LogP contribution in [0.4, 0.5) is 4.79 Å². The molecule has 10 heavy (non-hydrogen) atoms. The smallest absolute Gasteiger partial charge is 0.327 e. The molecule has 0 bridgehead atoms. The number of carbonyl (C=O) groups excluding carboxylic acids is 1. The lowest BCUT2D eigenvalue weighted by molar-refractivity contribution is 0.242. The van der Waals surface area contributed by atoms with Crippen molar-refractivity contribution in [3.05, 3.63) is 18.7 Å². The van der Waals surface area contributed by atoms with Gasteiger partial charge >= 0.3 is 6.03 Å². The monoisotopic (exact) mass is 138 g/mol. The third-order valence-electron chi connectivity index (χ3n) is 1.00. The maximum Gasteiger partial charge on any atom is 0.327 e. The molecular weight excluding hydrogens is 130 g/mol. The van der Waals surface area contributed by atoms with E-state index in [1.54, 1.807) is 6.20 Å². The first kappa shape index (κ1) is 6.80. The topological polar surface area (TPSA) is 46.9 Å². The molecule has 0 aliphatic heterocycles. The number of hydrogen-bond donors (Lipinski definition) is 1. The standard InChI is InChI=1S/C6H8N3O/c1-2-8-6(10)9-4-3-7-5-9/h3-4H,2H2,1H3,(H,8,10). The fourth-order valence-corrected chi connectivity index (χ4v) is 0.578. The molecule has 1 aromatic rings. The van der Waals surface area contributed by atoms with Gasteiger partial charge in [0.2, 0.25) is 0 Å². The van der Waals surface area contributed by atoms with E-state index in [9.17, 15) is 4.79 Å². The minimum Gasteiger partial charge on any atom is -0.338 e. The van der Waals surface area contributed by atoms with Gasteiger partial charge in [0.15, 0.2) is 6.33 Å². The number of imidazole rings is 1. The third kappa shape index (κ3) is 1.34. The van der Waals surface area contributed by atoms with Crippen LogP contribution in [0.5, 0.6) is 0 Å². The summed E-state index contributed by atoms with van der Waals surface area (Å²) in [5, 5.41) is 2.60. The van der Waals surface area contributed by atoms with Gasteiger partial charge < -0.3 is 5.32 Å². The molecule has 1 heterocycles. The summed E-state index contributed by atoms with van der Waals surface area (Å²) in [5.74, 6) is 0. The highest BCUT2D eigenvalue weighted by molar-refractivity contribution is 5.76. The Balaban J connectivity index is 2.59. The van der Waals surface area contributed by atoms with Crippen molar-refractivity contribution >= 4 is 6.03 Å². The molecular formula is C6H8N3O. The number of amides is 1. The number of hydrogen-bond acceptors (Lipinski definition) is 2. The van der Waals surface area contributed by atoms with Crippen LogP contribution < -0.4 is 5.32 Å². The third-order valence-corrected chi connectivity index (χ3v) is 1.00. The largest absolute Gasteiger partial charge is 0.338 e. The Kier molecular flexibility index (Phi) is 2.04. The van der Waals surface area contributed by atoms with Crippen LogP contribution >= 0.6 is 0 Å². The lowest BCUT2D eigenvalue weighted by Crippen LogP contribution is -2.27. The summed E-state index contributed by atoms with van der Waals surface area (Å²) in [6.07, 6.45) is 5.53. The predicted molar refractivity (Wildman–Crippen MR) is 35.5 cm³/mol. The molecule has 0 aliphatic carbocycles. The fraction of sp³-hybridized carbons (Fsp3) is 0.333. The Bertz CT molecular complexity index is 205.